The van der Waals surface area contributed by atoms with Crippen LogP contribution in [0.5, 0.6) is 5.75 Å². The largest absolute Gasteiger partial charge is 0.493 e. The fourth-order valence-electron chi connectivity index (χ4n) is 1.69. The van der Waals surface area contributed by atoms with Gasteiger partial charge in [0.05, 0.1) is 6.61 Å². The molecule has 1 rings (SSSR count). The lowest BCUT2D eigenvalue weighted by atomic mass is 10.0. The Morgan fingerprint density at radius 3 is 2.82 bits per heavy atom. The van der Waals surface area contributed by atoms with Crippen molar-refractivity contribution in [3.63, 3.8) is 0 Å². The first kappa shape index (κ1) is 13.6. The molecule has 1 aromatic rings. The van der Waals surface area contributed by atoms with Crippen molar-refractivity contribution in [2.45, 2.75) is 39.5 Å². The molecule has 17 heavy (non-hydrogen) atoms. The summed E-state index contributed by atoms with van der Waals surface area (Å²) in [5, 5.41) is 8.63. The second-order valence-corrected chi connectivity index (χ2v) is 4.21. The molecule has 3 nitrogen and oxygen atoms in total. The molecule has 0 saturated heterocycles. The predicted molar refractivity (Wildman–Crippen MR) is 67.5 cm³/mol. The molecule has 1 aromatic carbocycles. The van der Waals surface area contributed by atoms with Crippen LogP contribution >= 0.6 is 0 Å². The normalized spacial score (nSPS) is 10.2. The second kappa shape index (κ2) is 6.94. The Morgan fingerprint density at radius 1 is 1.41 bits per heavy atom. The number of hydrogen-bond acceptors (Lipinski definition) is 2. The van der Waals surface area contributed by atoms with Gasteiger partial charge in [0, 0.05) is 6.42 Å². The Balaban J connectivity index is 2.65. The van der Waals surface area contributed by atoms with Gasteiger partial charge in [0.15, 0.2) is 0 Å². The van der Waals surface area contributed by atoms with E-state index < -0.39 is 5.97 Å². The maximum atomic E-state index is 10.5. The lowest BCUT2D eigenvalue weighted by molar-refractivity contribution is -0.137. The second-order valence-electron chi connectivity index (χ2n) is 4.21. The number of aryl methyl sites for hydroxylation is 2. The van der Waals surface area contributed by atoms with Crippen molar-refractivity contribution in [2.75, 3.05) is 6.61 Å². The lowest BCUT2D eigenvalue weighted by Crippen LogP contribution is -2.01. The van der Waals surface area contributed by atoms with Crippen molar-refractivity contribution in [1.29, 1.82) is 0 Å². The van der Waals surface area contributed by atoms with Crippen LogP contribution in [0.3, 0.4) is 0 Å². The fourth-order valence-corrected chi connectivity index (χ4v) is 1.69. The van der Waals surface area contributed by atoms with E-state index in [4.69, 9.17) is 9.84 Å². The molecule has 94 valence electrons. The Bertz CT molecular complexity index is 372. The van der Waals surface area contributed by atoms with Crippen LogP contribution in [0.4, 0.5) is 0 Å². The number of hydrogen-bond donors (Lipinski definition) is 1. The van der Waals surface area contributed by atoms with Gasteiger partial charge in [-0.2, -0.15) is 0 Å². The molecule has 3 heteroatoms. The van der Waals surface area contributed by atoms with Gasteiger partial charge in [-0.15, -0.1) is 0 Å². The molecule has 0 aliphatic heterocycles. The molecule has 0 fully saturated rings. The highest BCUT2D eigenvalue weighted by atomic mass is 16.5. The van der Waals surface area contributed by atoms with Gasteiger partial charge in [0.2, 0.25) is 0 Å². The van der Waals surface area contributed by atoms with Gasteiger partial charge in [-0.05, 0) is 37.8 Å². The summed E-state index contributed by atoms with van der Waals surface area (Å²) in [6.45, 7) is 4.80. The van der Waals surface area contributed by atoms with Crippen LogP contribution in [0.1, 0.15) is 37.3 Å². The molecule has 0 saturated carbocycles. The van der Waals surface area contributed by atoms with Crippen LogP contribution in [0, 0.1) is 6.92 Å². The van der Waals surface area contributed by atoms with Crippen molar-refractivity contribution < 1.29 is 14.6 Å². The summed E-state index contributed by atoms with van der Waals surface area (Å²) in [6.07, 6.45) is 2.60. The van der Waals surface area contributed by atoms with E-state index in [9.17, 15) is 4.79 Å². The Kier molecular flexibility index (Phi) is 5.53. The highest BCUT2D eigenvalue weighted by Gasteiger charge is 2.05. The molecule has 0 heterocycles. The van der Waals surface area contributed by atoms with Crippen molar-refractivity contribution in [1.82, 2.24) is 0 Å². The Morgan fingerprint density at radius 2 is 2.18 bits per heavy atom. The van der Waals surface area contributed by atoms with Gasteiger partial charge in [-0.25, -0.2) is 0 Å². The number of carbonyl (C=O) groups is 1. The zero-order valence-electron chi connectivity index (χ0n) is 10.5. The topological polar surface area (TPSA) is 46.5 Å². The third-order valence-corrected chi connectivity index (χ3v) is 2.51. The molecule has 0 aromatic heterocycles. The number of rotatable bonds is 7. The summed E-state index contributed by atoms with van der Waals surface area (Å²) in [5.41, 5.74) is 2.29. The first-order chi connectivity index (χ1) is 8.13. The third kappa shape index (κ3) is 4.89. The molecule has 0 amide bonds. The summed E-state index contributed by atoms with van der Waals surface area (Å²) >= 11 is 0. The monoisotopic (exact) mass is 236 g/mol. The molecular weight excluding hydrogens is 216 g/mol. The summed E-state index contributed by atoms with van der Waals surface area (Å²) in [5.74, 6) is 0.150. The van der Waals surface area contributed by atoms with Gasteiger partial charge in [-0.1, -0.05) is 24.6 Å². The van der Waals surface area contributed by atoms with E-state index in [1.807, 2.05) is 19.1 Å². The van der Waals surface area contributed by atoms with E-state index in [1.165, 1.54) is 5.56 Å². The minimum Gasteiger partial charge on any atom is -0.493 e. The van der Waals surface area contributed by atoms with Gasteiger partial charge in [-0.3, -0.25) is 4.79 Å². The van der Waals surface area contributed by atoms with Crippen molar-refractivity contribution in [3.05, 3.63) is 29.3 Å². The summed E-state index contributed by atoms with van der Waals surface area (Å²) in [7, 11) is 0. The highest BCUT2D eigenvalue weighted by Crippen LogP contribution is 2.22. The molecule has 0 atom stereocenters. The maximum Gasteiger partial charge on any atom is 0.303 e. The SMILES string of the molecule is CCCOc1ccc(C)cc1CCCC(=O)O. The van der Waals surface area contributed by atoms with Gasteiger partial charge >= 0.3 is 5.97 Å². The van der Waals surface area contributed by atoms with E-state index in [0.29, 0.717) is 13.0 Å². The Labute approximate surface area is 102 Å². The molecule has 1 N–H and O–H groups in total. The molecule has 0 spiro atoms. The number of carboxylic acids is 1. The number of aliphatic carboxylic acids is 1. The average Bonchev–Trinajstić information content (AvgIpc) is 2.27. The predicted octanol–water partition coefficient (Wildman–Crippen LogP) is 3.19. The maximum absolute atomic E-state index is 10.5. The van der Waals surface area contributed by atoms with Crippen LogP contribution in [0.2, 0.25) is 0 Å². The third-order valence-electron chi connectivity index (χ3n) is 2.51. The minimum atomic E-state index is -0.742. The van der Waals surface area contributed by atoms with Gasteiger partial charge in [0.25, 0.3) is 0 Å². The summed E-state index contributed by atoms with van der Waals surface area (Å²) in [4.78, 5) is 10.5. The van der Waals surface area contributed by atoms with E-state index in [1.54, 1.807) is 0 Å². The van der Waals surface area contributed by atoms with Crippen LogP contribution in [0.15, 0.2) is 18.2 Å². The van der Waals surface area contributed by atoms with Crippen molar-refractivity contribution >= 4 is 5.97 Å². The summed E-state index contributed by atoms with van der Waals surface area (Å²) in [6, 6.07) is 6.07. The van der Waals surface area contributed by atoms with Crippen LogP contribution < -0.4 is 4.74 Å². The zero-order chi connectivity index (χ0) is 12.7. The molecule has 0 unspecified atom stereocenters. The van der Waals surface area contributed by atoms with E-state index in [2.05, 4.69) is 13.0 Å². The average molecular weight is 236 g/mol. The smallest absolute Gasteiger partial charge is 0.303 e. The number of benzene rings is 1. The molecule has 0 aliphatic carbocycles. The van der Waals surface area contributed by atoms with Crippen LogP contribution in [0.25, 0.3) is 0 Å². The van der Waals surface area contributed by atoms with E-state index >= 15 is 0 Å². The van der Waals surface area contributed by atoms with Crippen molar-refractivity contribution in [3.8, 4) is 5.75 Å². The first-order valence-electron chi connectivity index (χ1n) is 6.07. The molecular formula is C14H20O3. The fraction of sp³-hybridized carbons (Fsp3) is 0.500. The zero-order valence-corrected chi connectivity index (χ0v) is 10.5. The molecule has 0 radical (unpaired) electrons. The minimum absolute atomic E-state index is 0.209. The number of ether oxygens (including phenoxy) is 1. The lowest BCUT2D eigenvalue weighted by Gasteiger charge is -2.11. The first-order valence-corrected chi connectivity index (χ1v) is 6.07. The number of carboxylic acid groups (broad SMARTS) is 1. The standard InChI is InChI=1S/C14H20O3/c1-3-9-17-13-8-7-11(2)10-12(13)5-4-6-14(15)16/h7-8,10H,3-6,9H2,1-2H3,(H,15,16). The Hall–Kier alpha value is -1.51. The van der Waals surface area contributed by atoms with Gasteiger partial charge < -0.3 is 9.84 Å². The van der Waals surface area contributed by atoms with Crippen molar-refractivity contribution in [2.24, 2.45) is 0 Å². The van der Waals surface area contributed by atoms with Crippen LogP contribution in [-0.4, -0.2) is 17.7 Å². The summed E-state index contributed by atoms with van der Waals surface area (Å²) < 4.78 is 5.65. The highest BCUT2D eigenvalue weighted by molar-refractivity contribution is 5.66. The van der Waals surface area contributed by atoms with Gasteiger partial charge in [0.1, 0.15) is 5.75 Å². The van der Waals surface area contributed by atoms with Crippen LogP contribution in [-0.2, 0) is 11.2 Å². The molecule has 0 aliphatic rings. The molecule has 0 bridgehead atoms. The van der Waals surface area contributed by atoms with E-state index in [0.717, 1.165) is 24.2 Å². The quantitative estimate of drug-likeness (QED) is 0.790. The van der Waals surface area contributed by atoms with E-state index in [-0.39, 0.29) is 6.42 Å².